The second-order valence-corrected chi connectivity index (χ2v) is 8.97. The van der Waals surface area contributed by atoms with Crippen LogP contribution in [0.2, 0.25) is 0 Å². The van der Waals surface area contributed by atoms with Crippen molar-refractivity contribution in [2.45, 2.75) is 52.5 Å². The number of ether oxygens (including phenoxy) is 3. The molecule has 1 aromatic carbocycles. The number of methoxy groups -OCH3 is 1. The van der Waals surface area contributed by atoms with Gasteiger partial charge in [0.05, 0.1) is 19.2 Å². The third-order valence-corrected chi connectivity index (χ3v) is 5.00. The van der Waals surface area contributed by atoms with Gasteiger partial charge in [-0.3, -0.25) is 0 Å². The Kier molecular flexibility index (Phi) is 11.6. The smallest absolute Gasteiger partial charge is 0.190 e. The van der Waals surface area contributed by atoms with Gasteiger partial charge in [0, 0.05) is 37.9 Å². The molecule has 0 spiro atoms. The Hall–Kier alpha value is -3.24. The van der Waals surface area contributed by atoms with Gasteiger partial charge in [-0.15, -0.1) is 0 Å². The second kappa shape index (κ2) is 14.4. The first kappa shape index (κ1) is 29.0. The van der Waals surface area contributed by atoms with E-state index >= 15 is 0 Å². The van der Waals surface area contributed by atoms with Crippen LogP contribution < -0.4 is 15.0 Å². The number of pyridine rings is 1. The fourth-order valence-corrected chi connectivity index (χ4v) is 3.25. The average Bonchev–Trinajstić information content (AvgIpc) is 2.83. The van der Waals surface area contributed by atoms with Crippen LogP contribution in [0.25, 0.3) is 0 Å². The summed E-state index contributed by atoms with van der Waals surface area (Å²) in [4.78, 5) is 6.19. The largest absolute Gasteiger partial charge is 0.491 e. The van der Waals surface area contributed by atoms with Crippen molar-refractivity contribution < 1.29 is 23.0 Å². The van der Waals surface area contributed by atoms with Crippen LogP contribution in [0.1, 0.15) is 45.2 Å². The van der Waals surface area contributed by atoms with Crippen molar-refractivity contribution in [3.05, 3.63) is 53.2 Å². The zero-order valence-electron chi connectivity index (χ0n) is 21.5. The first-order valence-corrected chi connectivity index (χ1v) is 11.7. The molecule has 1 atom stereocenters. The highest BCUT2D eigenvalue weighted by molar-refractivity contribution is 5.43. The van der Waals surface area contributed by atoms with Crippen molar-refractivity contribution >= 4 is 5.82 Å². The second-order valence-electron chi connectivity index (χ2n) is 8.97. The number of rotatable bonds is 12. The third kappa shape index (κ3) is 9.79. The number of nitrogens with one attached hydrogen (secondary N) is 1. The molecule has 1 unspecified atom stereocenters. The van der Waals surface area contributed by atoms with E-state index in [1.807, 2.05) is 17.9 Å². The number of nitriles is 1. The summed E-state index contributed by atoms with van der Waals surface area (Å²) >= 11 is 0. The van der Waals surface area contributed by atoms with E-state index in [1.54, 1.807) is 12.1 Å². The molecule has 0 bridgehead atoms. The molecule has 0 aliphatic heterocycles. The Morgan fingerprint density at radius 2 is 1.86 bits per heavy atom. The minimum Gasteiger partial charge on any atom is -0.491 e. The molecule has 0 aliphatic rings. The Morgan fingerprint density at radius 3 is 2.42 bits per heavy atom. The van der Waals surface area contributed by atoms with Gasteiger partial charge < -0.3 is 24.4 Å². The van der Waals surface area contributed by atoms with Crippen molar-refractivity contribution in [3.8, 4) is 23.7 Å². The summed E-state index contributed by atoms with van der Waals surface area (Å²) < 4.78 is 44.8. The monoisotopic (exact) mass is 500 g/mol. The first-order chi connectivity index (χ1) is 17.2. The Bertz CT molecular complexity index is 1050. The normalized spacial score (nSPS) is 11.8. The van der Waals surface area contributed by atoms with Gasteiger partial charge in [0.15, 0.2) is 23.7 Å². The number of hydrogen-bond acceptors (Lipinski definition) is 7. The van der Waals surface area contributed by atoms with E-state index in [0.717, 1.165) is 0 Å². The first-order valence-electron chi connectivity index (χ1n) is 11.7. The number of hydrogen-bond donors (Lipinski definition) is 1. The van der Waals surface area contributed by atoms with E-state index < -0.39 is 23.7 Å². The van der Waals surface area contributed by atoms with Crippen LogP contribution in [0.3, 0.4) is 0 Å². The molecule has 1 N–H and O–H groups in total. The van der Waals surface area contributed by atoms with E-state index in [1.165, 1.54) is 25.4 Å². The fraction of sp³-hybridized carbons (Fsp3) is 0.481. The van der Waals surface area contributed by atoms with Crippen molar-refractivity contribution in [3.63, 3.8) is 0 Å². The Labute approximate surface area is 212 Å². The SMILES string of the molecule is CCOC(CCN(Cc1cc(F)c(OC)c(F)c1)c1ccc(C#N)cn1)OCC#CCNC(C)(C)C. The van der Waals surface area contributed by atoms with Crippen LogP contribution in [-0.2, 0) is 16.0 Å². The van der Waals surface area contributed by atoms with Crippen molar-refractivity contribution in [1.29, 1.82) is 5.26 Å². The van der Waals surface area contributed by atoms with Gasteiger partial charge in [0.2, 0.25) is 0 Å². The number of aromatic nitrogens is 1. The van der Waals surface area contributed by atoms with Gasteiger partial charge >= 0.3 is 0 Å². The molecular weight excluding hydrogens is 466 g/mol. The van der Waals surface area contributed by atoms with Gasteiger partial charge in [0.25, 0.3) is 0 Å². The fourth-order valence-electron chi connectivity index (χ4n) is 3.25. The molecule has 7 nitrogen and oxygen atoms in total. The number of benzene rings is 1. The summed E-state index contributed by atoms with van der Waals surface area (Å²) in [5.41, 5.74) is 0.806. The van der Waals surface area contributed by atoms with E-state index in [2.05, 4.69) is 42.9 Å². The molecule has 1 aromatic heterocycles. The Morgan fingerprint density at radius 1 is 1.14 bits per heavy atom. The number of anilines is 1. The predicted molar refractivity (Wildman–Crippen MR) is 134 cm³/mol. The lowest BCUT2D eigenvalue weighted by Gasteiger charge is -2.26. The molecule has 9 heteroatoms. The summed E-state index contributed by atoms with van der Waals surface area (Å²) in [6.07, 6.45) is 1.39. The third-order valence-electron chi connectivity index (χ3n) is 5.00. The maximum Gasteiger partial charge on any atom is 0.190 e. The zero-order chi connectivity index (χ0) is 26.6. The molecule has 0 fully saturated rings. The Balaban J connectivity index is 2.11. The lowest BCUT2D eigenvalue weighted by atomic mass is 10.1. The number of nitrogens with zero attached hydrogens (tertiary/aromatic N) is 3. The van der Waals surface area contributed by atoms with Crippen LogP contribution in [0.5, 0.6) is 5.75 Å². The van der Waals surface area contributed by atoms with Crippen LogP contribution in [-0.4, -0.2) is 50.2 Å². The average molecular weight is 501 g/mol. The van der Waals surface area contributed by atoms with Crippen molar-refractivity contribution in [2.24, 2.45) is 0 Å². The molecule has 36 heavy (non-hydrogen) atoms. The van der Waals surface area contributed by atoms with Crippen LogP contribution >= 0.6 is 0 Å². The highest BCUT2D eigenvalue weighted by atomic mass is 19.1. The van der Waals surface area contributed by atoms with Gasteiger partial charge in [-0.1, -0.05) is 11.8 Å². The molecule has 0 radical (unpaired) electrons. The zero-order valence-corrected chi connectivity index (χ0v) is 21.5. The summed E-state index contributed by atoms with van der Waals surface area (Å²) in [5, 5.41) is 12.4. The maximum absolute atomic E-state index is 14.3. The van der Waals surface area contributed by atoms with Gasteiger partial charge in [-0.25, -0.2) is 13.8 Å². The number of halogens is 2. The molecule has 2 rings (SSSR count). The predicted octanol–water partition coefficient (Wildman–Crippen LogP) is 4.41. The molecule has 1 heterocycles. The van der Waals surface area contributed by atoms with Crippen LogP contribution in [0.4, 0.5) is 14.6 Å². The molecule has 0 aliphatic carbocycles. The van der Waals surface area contributed by atoms with Crippen molar-refractivity contribution in [1.82, 2.24) is 10.3 Å². The summed E-state index contributed by atoms with van der Waals surface area (Å²) in [7, 11) is 1.22. The summed E-state index contributed by atoms with van der Waals surface area (Å²) in [6, 6.07) is 7.83. The van der Waals surface area contributed by atoms with E-state index in [9.17, 15) is 8.78 Å². The standard InChI is InChI=1S/C27H34F2N4O3/c1-6-35-25(36-14-8-7-12-32-27(2,3)4)11-13-33(24-10-9-20(17-30)18-31-24)19-21-15-22(28)26(34-5)23(29)16-21/h9-10,15-16,18,25,32H,6,11-14,19H2,1-5H3. The summed E-state index contributed by atoms with van der Waals surface area (Å²) in [5.74, 6) is 4.56. The van der Waals surface area contributed by atoms with E-state index in [-0.39, 0.29) is 18.7 Å². The lowest BCUT2D eigenvalue weighted by Crippen LogP contribution is -2.35. The van der Waals surface area contributed by atoms with E-state index in [0.29, 0.717) is 43.1 Å². The van der Waals surface area contributed by atoms with Gasteiger partial charge in [-0.05, 0) is 57.5 Å². The minimum absolute atomic E-state index is 0.0119. The molecule has 2 aromatic rings. The molecule has 0 saturated heterocycles. The van der Waals surface area contributed by atoms with Crippen molar-refractivity contribution in [2.75, 3.05) is 38.3 Å². The summed E-state index contributed by atoms with van der Waals surface area (Å²) in [6.45, 7) is 9.88. The lowest BCUT2D eigenvalue weighted by molar-refractivity contribution is -0.132. The molecule has 0 amide bonds. The molecule has 194 valence electrons. The highest BCUT2D eigenvalue weighted by Crippen LogP contribution is 2.25. The molecule has 0 saturated carbocycles. The van der Waals surface area contributed by atoms with Crippen LogP contribution in [0.15, 0.2) is 30.5 Å². The van der Waals surface area contributed by atoms with Gasteiger partial charge in [0.1, 0.15) is 18.5 Å². The van der Waals surface area contributed by atoms with E-state index in [4.69, 9.17) is 19.5 Å². The minimum atomic E-state index is -0.782. The molecular formula is C27H34F2N4O3. The maximum atomic E-state index is 14.3. The highest BCUT2D eigenvalue weighted by Gasteiger charge is 2.17. The van der Waals surface area contributed by atoms with Crippen LogP contribution in [0, 0.1) is 34.8 Å². The quantitative estimate of drug-likeness (QED) is 0.342. The van der Waals surface area contributed by atoms with Gasteiger partial charge in [-0.2, -0.15) is 5.26 Å². The topological polar surface area (TPSA) is 79.6 Å².